The van der Waals surface area contributed by atoms with Gasteiger partial charge in [-0.2, -0.15) is 0 Å². The molecule has 2 rings (SSSR count). The van der Waals surface area contributed by atoms with Gasteiger partial charge in [0.2, 0.25) is 5.91 Å². The van der Waals surface area contributed by atoms with Crippen LogP contribution in [0.5, 0.6) is 0 Å². The first-order chi connectivity index (χ1) is 6.68. The van der Waals surface area contributed by atoms with Gasteiger partial charge in [-0.25, -0.2) is 0 Å². The van der Waals surface area contributed by atoms with E-state index in [2.05, 4.69) is 5.32 Å². The third-order valence-corrected chi connectivity index (χ3v) is 2.38. The van der Waals surface area contributed by atoms with Gasteiger partial charge in [0.05, 0.1) is 6.10 Å². The molecular weight excluding hydrogens is 180 g/mol. The topological polar surface area (TPSA) is 75.4 Å². The summed E-state index contributed by atoms with van der Waals surface area (Å²) < 4.78 is 0. The zero-order valence-electron chi connectivity index (χ0n) is 7.60. The molecule has 0 saturated heterocycles. The number of aliphatic hydroxyl groups is 1. The van der Waals surface area contributed by atoms with Crippen LogP contribution in [0.1, 0.15) is 18.1 Å². The Hall–Kier alpha value is -1.39. The van der Waals surface area contributed by atoms with Gasteiger partial charge in [0.15, 0.2) is 0 Å². The average Bonchev–Trinajstić information content (AvgIpc) is 2.26. The van der Waals surface area contributed by atoms with E-state index in [1.165, 1.54) is 0 Å². The van der Waals surface area contributed by atoms with Crippen molar-refractivity contribution in [2.24, 2.45) is 5.73 Å². The van der Waals surface area contributed by atoms with Gasteiger partial charge in [-0.1, -0.05) is 18.2 Å². The largest absolute Gasteiger partial charge is 0.387 e. The number of anilines is 1. The maximum atomic E-state index is 11.3. The second kappa shape index (κ2) is 3.40. The fourth-order valence-electron chi connectivity index (χ4n) is 1.63. The molecule has 1 aromatic carbocycles. The lowest BCUT2D eigenvalue weighted by Gasteiger charge is -2.15. The van der Waals surface area contributed by atoms with Crippen LogP contribution in [-0.2, 0) is 4.79 Å². The molecule has 0 saturated carbocycles. The second-order valence-corrected chi connectivity index (χ2v) is 3.45. The molecule has 4 heteroatoms. The molecule has 74 valence electrons. The zero-order valence-corrected chi connectivity index (χ0v) is 7.60. The van der Waals surface area contributed by atoms with E-state index in [-0.39, 0.29) is 12.3 Å². The third kappa shape index (κ3) is 1.49. The van der Waals surface area contributed by atoms with E-state index >= 15 is 0 Å². The molecular formula is C10H12N2O2. The van der Waals surface area contributed by atoms with Gasteiger partial charge < -0.3 is 16.2 Å². The number of rotatable bonds is 0. The first kappa shape index (κ1) is 9.18. The predicted molar refractivity (Wildman–Crippen MR) is 52.6 cm³/mol. The van der Waals surface area contributed by atoms with Crippen molar-refractivity contribution in [3.63, 3.8) is 0 Å². The number of nitrogens with one attached hydrogen (secondary N) is 1. The SMILES string of the molecule is N[C@H]1CC(=O)Nc2ccccc2[C@@H]1O. The quantitative estimate of drug-likeness (QED) is 0.556. The number of carbonyl (C=O) groups excluding carboxylic acids is 1. The number of nitrogens with two attached hydrogens (primary N) is 1. The summed E-state index contributed by atoms with van der Waals surface area (Å²) in [6.07, 6.45) is -0.624. The van der Waals surface area contributed by atoms with Crippen molar-refractivity contribution < 1.29 is 9.90 Å². The Bertz CT molecular complexity index is 365. The number of benzene rings is 1. The number of aliphatic hydroxyl groups excluding tert-OH is 1. The molecule has 0 aromatic heterocycles. The summed E-state index contributed by atoms with van der Waals surface area (Å²) in [6, 6.07) is 6.62. The van der Waals surface area contributed by atoms with Crippen molar-refractivity contribution in [1.29, 1.82) is 0 Å². The molecule has 4 N–H and O–H groups in total. The van der Waals surface area contributed by atoms with Crippen LogP contribution in [0.4, 0.5) is 5.69 Å². The average molecular weight is 192 g/mol. The maximum absolute atomic E-state index is 11.3. The van der Waals surface area contributed by atoms with Crippen LogP contribution >= 0.6 is 0 Å². The number of hydrogen-bond donors (Lipinski definition) is 3. The third-order valence-electron chi connectivity index (χ3n) is 2.38. The lowest BCUT2D eigenvalue weighted by molar-refractivity contribution is -0.116. The molecule has 14 heavy (non-hydrogen) atoms. The van der Waals surface area contributed by atoms with Crippen LogP contribution in [0.3, 0.4) is 0 Å². The van der Waals surface area contributed by atoms with Gasteiger partial charge in [-0.05, 0) is 6.07 Å². The predicted octanol–water partition coefficient (Wildman–Crippen LogP) is 0.389. The van der Waals surface area contributed by atoms with Crippen molar-refractivity contribution >= 4 is 11.6 Å². The Labute approximate surface area is 81.7 Å². The number of fused-ring (bicyclic) bond motifs is 1. The maximum Gasteiger partial charge on any atom is 0.226 e. The highest BCUT2D eigenvalue weighted by Gasteiger charge is 2.26. The highest BCUT2D eigenvalue weighted by Crippen LogP contribution is 2.28. The number of para-hydroxylation sites is 1. The molecule has 0 unspecified atom stereocenters. The van der Waals surface area contributed by atoms with Crippen LogP contribution in [0.2, 0.25) is 0 Å². The smallest absolute Gasteiger partial charge is 0.226 e. The molecule has 1 heterocycles. The number of hydrogen-bond acceptors (Lipinski definition) is 3. The van der Waals surface area contributed by atoms with E-state index in [0.29, 0.717) is 11.3 Å². The van der Waals surface area contributed by atoms with E-state index in [0.717, 1.165) is 0 Å². The van der Waals surface area contributed by atoms with Crippen LogP contribution < -0.4 is 11.1 Å². The van der Waals surface area contributed by atoms with Crippen LogP contribution in [-0.4, -0.2) is 17.1 Å². The Morgan fingerprint density at radius 1 is 1.43 bits per heavy atom. The van der Waals surface area contributed by atoms with Gasteiger partial charge in [-0.3, -0.25) is 4.79 Å². The summed E-state index contributed by atoms with van der Waals surface area (Å²) in [5, 5.41) is 12.5. The number of carbonyl (C=O) groups is 1. The first-order valence-corrected chi connectivity index (χ1v) is 4.51. The van der Waals surface area contributed by atoms with E-state index in [4.69, 9.17) is 5.73 Å². The second-order valence-electron chi connectivity index (χ2n) is 3.45. The Morgan fingerprint density at radius 3 is 2.93 bits per heavy atom. The highest BCUT2D eigenvalue weighted by atomic mass is 16.3. The summed E-state index contributed by atoms with van der Waals surface area (Å²) in [5.41, 5.74) is 7.01. The zero-order chi connectivity index (χ0) is 10.1. The molecule has 1 aliphatic heterocycles. The fourth-order valence-corrected chi connectivity index (χ4v) is 1.63. The first-order valence-electron chi connectivity index (χ1n) is 4.51. The van der Waals surface area contributed by atoms with Crippen molar-refractivity contribution in [3.8, 4) is 0 Å². The minimum absolute atomic E-state index is 0.149. The van der Waals surface area contributed by atoms with E-state index in [9.17, 15) is 9.90 Å². The van der Waals surface area contributed by atoms with Crippen molar-refractivity contribution in [2.45, 2.75) is 18.6 Å². The summed E-state index contributed by atoms with van der Waals surface area (Å²) >= 11 is 0. The molecule has 2 atom stereocenters. The summed E-state index contributed by atoms with van der Waals surface area (Å²) in [4.78, 5) is 11.3. The normalized spacial score (nSPS) is 26.3. The van der Waals surface area contributed by atoms with E-state index in [1.54, 1.807) is 12.1 Å². The molecule has 4 nitrogen and oxygen atoms in total. The minimum atomic E-state index is -0.773. The lowest BCUT2D eigenvalue weighted by Crippen LogP contribution is -2.30. The highest BCUT2D eigenvalue weighted by molar-refractivity contribution is 5.93. The summed E-state index contributed by atoms with van der Waals surface area (Å²) in [5.74, 6) is -0.151. The lowest BCUT2D eigenvalue weighted by atomic mass is 10.0. The van der Waals surface area contributed by atoms with Crippen molar-refractivity contribution in [3.05, 3.63) is 29.8 Å². The van der Waals surface area contributed by atoms with Gasteiger partial charge in [0.1, 0.15) is 0 Å². The van der Waals surface area contributed by atoms with Crippen molar-refractivity contribution in [1.82, 2.24) is 0 Å². The molecule has 0 bridgehead atoms. The molecule has 0 aliphatic carbocycles. The fraction of sp³-hybridized carbons (Fsp3) is 0.300. The van der Waals surface area contributed by atoms with Crippen LogP contribution in [0, 0.1) is 0 Å². The minimum Gasteiger partial charge on any atom is -0.387 e. The van der Waals surface area contributed by atoms with E-state index in [1.807, 2.05) is 12.1 Å². The van der Waals surface area contributed by atoms with Gasteiger partial charge in [0.25, 0.3) is 0 Å². The molecule has 1 amide bonds. The molecule has 1 aliphatic rings. The van der Waals surface area contributed by atoms with Gasteiger partial charge >= 0.3 is 0 Å². The molecule has 0 radical (unpaired) electrons. The summed E-state index contributed by atoms with van der Waals surface area (Å²) in [7, 11) is 0. The molecule has 1 aromatic rings. The van der Waals surface area contributed by atoms with Crippen LogP contribution in [0.25, 0.3) is 0 Å². The Kier molecular flexibility index (Phi) is 2.23. The Balaban J connectivity index is 2.46. The molecule has 0 fully saturated rings. The molecule has 0 spiro atoms. The van der Waals surface area contributed by atoms with E-state index < -0.39 is 12.1 Å². The van der Waals surface area contributed by atoms with Crippen molar-refractivity contribution in [2.75, 3.05) is 5.32 Å². The van der Waals surface area contributed by atoms with Gasteiger partial charge in [-0.15, -0.1) is 0 Å². The summed E-state index contributed by atoms with van der Waals surface area (Å²) in [6.45, 7) is 0. The number of amides is 1. The van der Waals surface area contributed by atoms with Gasteiger partial charge in [0, 0.05) is 23.7 Å². The van der Waals surface area contributed by atoms with Crippen LogP contribution in [0.15, 0.2) is 24.3 Å². The monoisotopic (exact) mass is 192 g/mol. The Morgan fingerprint density at radius 2 is 2.14 bits per heavy atom. The standard InChI is InChI=1S/C10H12N2O2/c11-7-5-9(13)12-8-4-2-1-3-6(8)10(7)14/h1-4,7,10,14H,5,11H2,(H,12,13)/t7-,10-/m0/s1.